The average molecular weight is 749 g/mol. The van der Waals surface area contributed by atoms with Gasteiger partial charge < -0.3 is 10.8 Å². The summed E-state index contributed by atoms with van der Waals surface area (Å²) in [5.41, 5.74) is 6.15. The number of nitrogens with two attached hydrogens (primary N) is 1. The van der Waals surface area contributed by atoms with E-state index in [2.05, 4.69) is 29.2 Å². The summed E-state index contributed by atoms with van der Waals surface area (Å²) in [6, 6.07) is 20.2. The minimum absolute atomic E-state index is 0.0838. The molecule has 2 aliphatic rings. The number of nitrogens with zero attached hydrogens (tertiary/aromatic N) is 3. The number of rotatable bonds is 9. The SMILES string of the molecule is CC1CCN(Cc2cnc(-c3cccc4c(CCC(=O)O)cccc34)c3ccccc23)CCC1(F)F.NC(=O)C1(C(F)(F)F)CCN(CC(F)F)CC1. The minimum Gasteiger partial charge on any atom is -0.481 e. The standard InChI is InChI=1S/C30H30F2N2O2.C9H13F5N2O/c1-20-14-16-34(17-15-30(20,31)32)19-22-18-33-29(26-8-3-2-7-24(22)26)27-11-5-9-23-21(12-13-28(35)36)6-4-10-25(23)27;10-6(11)5-16-3-1-8(2-4-16,7(15)17)9(12,13)14/h2-11,18,20H,12-17,19H2,1H3,(H,35,36);6H,1-5H2,(H2,15,17). The molecule has 3 heterocycles. The van der Waals surface area contributed by atoms with Crippen LogP contribution in [0.25, 0.3) is 32.8 Å². The van der Waals surface area contributed by atoms with Gasteiger partial charge in [-0.3, -0.25) is 24.4 Å². The number of hydrogen-bond donors (Lipinski definition) is 2. The molecule has 1 amide bonds. The van der Waals surface area contributed by atoms with Crippen LogP contribution >= 0.6 is 0 Å². The Morgan fingerprint density at radius 1 is 0.868 bits per heavy atom. The lowest BCUT2D eigenvalue weighted by atomic mass is 9.77. The highest BCUT2D eigenvalue weighted by atomic mass is 19.4. The number of aromatic nitrogens is 1. The Bertz CT molecular complexity index is 1910. The summed E-state index contributed by atoms with van der Waals surface area (Å²) in [6.07, 6.45) is -5.63. The van der Waals surface area contributed by atoms with Gasteiger partial charge in [0, 0.05) is 49.0 Å². The van der Waals surface area contributed by atoms with Crippen LogP contribution < -0.4 is 5.73 Å². The largest absolute Gasteiger partial charge is 0.481 e. The van der Waals surface area contributed by atoms with Gasteiger partial charge in [-0.15, -0.1) is 0 Å². The van der Waals surface area contributed by atoms with Crippen molar-refractivity contribution in [1.82, 2.24) is 14.8 Å². The number of hydrogen-bond acceptors (Lipinski definition) is 5. The van der Waals surface area contributed by atoms with E-state index < -0.39 is 61.1 Å². The van der Waals surface area contributed by atoms with Gasteiger partial charge in [0.1, 0.15) is 5.41 Å². The normalized spacial score (nSPS) is 19.5. The maximum absolute atomic E-state index is 14.2. The first-order valence-corrected chi connectivity index (χ1v) is 17.6. The topological polar surface area (TPSA) is 99.8 Å². The van der Waals surface area contributed by atoms with Crippen molar-refractivity contribution in [3.8, 4) is 11.3 Å². The second kappa shape index (κ2) is 16.4. The highest BCUT2D eigenvalue weighted by Gasteiger charge is 2.60. The summed E-state index contributed by atoms with van der Waals surface area (Å²) in [4.78, 5) is 30.3. The molecule has 286 valence electrons. The number of benzene rings is 3. The van der Waals surface area contributed by atoms with Crippen LogP contribution in [0.1, 0.15) is 50.2 Å². The zero-order chi connectivity index (χ0) is 38.6. The Morgan fingerprint density at radius 2 is 1.47 bits per heavy atom. The first-order valence-electron chi connectivity index (χ1n) is 17.6. The molecule has 3 N–H and O–H groups in total. The van der Waals surface area contributed by atoms with Crippen LogP contribution in [0.2, 0.25) is 0 Å². The molecule has 0 bridgehead atoms. The summed E-state index contributed by atoms with van der Waals surface area (Å²) < 4.78 is 90.9. The van der Waals surface area contributed by atoms with E-state index in [9.17, 15) is 40.3 Å². The van der Waals surface area contributed by atoms with Crippen molar-refractivity contribution in [3.05, 3.63) is 78.0 Å². The predicted molar refractivity (Wildman–Crippen MR) is 189 cm³/mol. The van der Waals surface area contributed by atoms with Crippen molar-refractivity contribution in [2.45, 2.75) is 70.5 Å². The molecule has 0 radical (unpaired) electrons. The number of aryl methyl sites for hydroxylation is 1. The van der Waals surface area contributed by atoms with E-state index in [-0.39, 0.29) is 25.9 Å². The lowest BCUT2D eigenvalue weighted by molar-refractivity contribution is -0.231. The van der Waals surface area contributed by atoms with Gasteiger partial charge in [0.25, 0.3) is 12.3 Å². The smallest absolute Gasteiger partial charge is 0.403 e. The molecule has 53 heavy (non-hydrogen) atoms. The summed E-state index contributed by atoms with van der Waals surface area (Å²) in [6.45, 7) is 2.27. The number of halogens is 7. The average Bonchev–Trinajstić information content (AvgIpc) is 3.23. The zero-order valence-corrected chi connectivity index (χ0v) is 29.3. The Labute approximate surface area is 303 Å². The van der Waals surface area contributed by atoms with E-state index >= 15 is 0 Å². The third-order valence-corrected chi connectivity index (χ3v) is 10.6. The quantitative estimate of drug-likeness (QED) is 0.167. The predicted octanol–water partition coefficient (Wildman–Crippen LogP) is 8.32. The number of primary amides is 1. The van der Waals surface area contributed by atoms with Crippen molar-refractivity contribution >= 4 is 33.4 Å². The van der Waals surface area contributed by atoms with Crippen LogP contribution in [-0.4, -0.2) is 83.0 Å². The fourth-order valence-corrected chi connectivity index (χ4v) is 7.27. The number of carboxylic acid groups (broad SMARTS) is 1. The zero-order valence-electron chi connectivity index (χ0n) is 29.3. The third kappa shape index (κ3) is 9.09. The number of carbonyl (C=O) groups excluding carboxylic acids is 1. The van der Waals surface area contributed by atoms with E-state index in [0.29, 0.717) is 32.5 Å². The van der Waals surface area contributed by atoms with E-state index in [1.807, 2.05) is 42.6 Å². The monoisotopic (exact) mass is 748 g/mol. The highest BCUT2D eigenvalue weighted by Crippen LogP contribution is 2.46. The van der Waals surface area contributed by atoms with Gasteiger partial charge in [-0.1, -0.05) is 67.6 Å². The molecule has 2 fully saturated rings. The number of piperidine rings is 1. The molecule has 2 aliphatic heterocycles. The van der Waals surface area contributed by atoms with Crippen molar-refractivity contribution in [3.63, 3.8) is 0 Å². The summed E-state index contributed by atoms with van der Waals surface area (Å²) >= 11 is 0. The van der Waals surface area contributed by atoms with Gasteiger partial charge in [0.2, 0.25) is 5.91 Å². The lowest BCUT2D eigenvalue weighted by Gasteiger charge is -2.40. The molecule has 1 atom stereocenters. The number of likely N-dealkylation sites (tertiary alicyclic amines) is 2. The Kier molecular flexibility index (Phi) is 12.3. The molecule has 2 saturated heterocycles. The fraction of sp³-hybridized carbons (Fsp3) is 0.462. The van der Waals surface area contributed by atoms with Crippen molar-refractivity contribution in [1.29, 1.82) is 0 Å². The molecule has 7 nitrogen and oxygen atoms in total. The number of amides is 1. The molecule has 6 rings (SSSR count). The Balaban J connectivity index is 0.000000268. The second-order valence-electron chi connectivity index (χ2n) is 14.0. The van der Waals surface area contributed by atoms with Crippen molar-refractivity contribution < 1.29 is 45.4 Å². The van der Waals surface area contributed by atoms with Crippen LogP contribution in [0.3, 0.4) is 0 Å². The molecule has 4 aromatic rings. The summed E-state index contributed by atoms with van der Waals surface area (Å²) in [5, 5.41) is 13.3. The van der Waals surface area contributed by atoms with E-state index in [1.54, 1.807) is 6.92 Å². The van der Waals surface area contributed by atoms with Crippen molar-refractivity contribution in [2.24, 2.45) is 17.1 Å². The van der Waals surface area contributed by atoms with Gasteiger partial charge >= 0.3 is 12.1 Å². The second-order valence-corrected chi connectivity index (χ2v) is 14.0. The van der Waals surface area contributed by atoms with Crippen LogP contribution in [0.4, 0.5) is 30.7 Å². The van der Waals surface area contributed by atoms with Gasteiger partial charge in [-0.05, 0) is 72.6 Å². The van der Waals surface area contributed by atoms with Crippen LogP contribution in [0.15, 0.2) is 66.9 Å². The first kappa shape index (κ1) is 39.9. The van der Waals surface area contributed by atoms with Crippen molar-refractivity contribution in [2.75, 3.05) is 32.7 Å². The Morgan fingerprint density at radius 3 is 2.11 bits per heavy atom. The molecular formula is C39H43F7N4O3. The number of aliphatic carboxylic acids is 1. The van der Waals surface area contributed by atoms with E-state index in [4.69, 9.17) is 15.8 Å². The maximum atomic E-state index is 14.2. The van der Waals surface area contributed by atoms with E-state index in [1.165, 1.54) is 4.90 Å². The lowest BCUT2D eigenvalue weighted by Crippen LogP contribution is -2.55. The van der Waals surface area contributed by atoms with Gasteiger partial charge in [-0.25, -0.2) is 17.6 Å². The number of carbonyl (C=O) groups is 2. The number of carboxylic acids is 1. The van der Waals surface area contributed by atoms with Gasteiger partial charge in [0.05, 0.1) is 12.2 Å². The highest BCUT2D eigenvalue weighted by molar-refractivity contribution is 6.05. The molecule has 1 unspecified atom stereocenters. The van der Waals surface area contributed by atoms with Gasteiger partial charge in [-0.2, -0.15) is 13.2 Å². The summed E-state index contributed by atoms with van der Waals surface area (Å²) in [5.74, 6) is -5.46. The number of pyridine rings is 1. The van der Waals surface area contributed by atoms with Crippen LogP contribution in [0.5, 0.6) is 0 Å². The molecule has 1 aromatic heterocycles. The number of fused-ring (bicyclic) bond motifs is 2. The first-order chi connectivity index (χ1) is 25.0. The molecule has 0 spiro atoms. The Hall–Kier alpha value is -4.30. The third-order valence-electron chi connectivity index (χ3n) is 10.6. The fourth-order valence-electron chi connectivity index (χ4n) is 7.27. The van der Waals surface area contributed by atoms with E-state index in [0.717, 1.165) is 43.9 Å². The molecule has 3 aromatic carbocycles. The summed E-state index contributed by atoms with van der Waals surface area (Å²) in [7, 11) is 0. The molecule has 0 saturated carbocycles. The maximum Gasteiger partial charge on any atom is 0.403 e. The van der Waals surface area contributed by atoms with Crippen LogP contribution in [0, 0.1) is 11.3 Å². The molecule has 14 heteroatoms. The number of alkyl halides is 7. The van der Waals surface area contributed by atoms with Crippen LogP contribution in [-0.2, 0) is 22.6 Å². The minimum atomic E-state index is -4.73. The molecular weight excluding hydrogens is 705 g/mol. The molecule has 0 aliphatic carbocycles. The van der Waals surface area contributed by atoms with Gasteiger partial charge in [0.15, 0.2) is 0 Å².